The Kier molecular flexibility index (Phi) is 5.66. The molecule has 0 saturated heterocycles. The van der Waals surface area contributed by atoms with Crippen LogP contribution < -0.4 is 15.2 Å². The predicted octanol–water partition coefficient (Wildman–Crippen LogP) is -0.549. The molecule has 1 rings (SSSR count). The van der Waals surface area contributed by atoms with Gasteiger partial charge in [0.1, 0.15) is 10.6 Å². The van der Waals surface area contributed by atoms with Crippen molar-refractivity contribution in [2.45, 2.75) is 4.90 Å². The zero-order valence-electron chi connectivity index (χ0n) is 11.1. The lowest BCUT2D eigenvalue weighted by molar-refractivity contribution is 0.0956. The molecule has 0 radical (unpaired) electrons. The second-order valence-electron chi connectivity index (χ2n) is 3.94. The summed E-state index contributed by atoms with van der Waals surface area (Å²) in [4.78, 5) is 11.6. The molecule has 1 aromatic rings. The van der Waals surface area contributed by atoms with Crippen LogP contribution in [-0.4, -0.2) is 44.2 Å². The number of sulfonamides is 1. The molecule has 0 aliphatic rings. The van der Waals surface area contributed by atoms with Gasteiger partial charge in [-0.1, -0.05) is 0 Å². The van der Waals surface area contributed by atoms with Crippen LogP contribution in [0.15, 0.2) is 23.1 Å². The average Bonchev–Trinajstić information content (AvgIpc) is 2.36. The fourth-order valence-corrected chi connectivity index (χ4v) is 2.56. The van der Waals surface area contributed by atoms with Crippen LogP contribution in [0.5, 0.6) is 5.75 Å². The van der Waals surface area contributed by atoms with Gasteiger partial charge in [-0.15, -0.1) is 0 Å². The second-order valence-corrected chi connectivity index (χ2v) is 7.03. The normalized spacial score (nSPS) is 12.8. The molecule has 1 unspecified atom stereocenters. The van der Waals surface area contributed by atoms with Crippen molar-refractivity contribution >= 4 is 26.7 Å². The van der Waals surface area contributed by atoms with E-state index in [1.54, 1.807) is 0 Å². The topological polar surface area (TPSA) is 116 Å². The van der Waals surface area contributed by atoms with Gasteiger partial charge in [0.25, 0.3) is 5.91 Å². The van der Waals surface area contributed by atoms with Gasteiger partial charge in [-0.05, 0) is 18.2 Å². The Morgan fingerprint density at radius 3 is 2.60 bits per heavy atom. The minimum absolute atomic E-state index is 0.0683. The molecular weight excluding hydrogens is 304 g/mol. The molecule has 7 nitrogen and oxygen atoms in total. The Morgan fingerprint density at radius 1 is 1.45 bits per heavy atom. The van der Waals surface area contributed by atoms with Gasteiger partial charge >= 0.3 is 0 Å². The average molecular weight is 320 g/mol. The minimum atomic E-state index is -3.99. The molecule has 1 aromatic carbocycles. The quantitative estimate of drug-likeness (QED) is 0.730. The van der Waals surface area contributed by atoms with E-state index in [1.165, 1.54) is 25.5 Å². The van der Waals surface area contributed by atoms with Gasteiger partial charge in [0.2, 0.25) is 10.0 Å². The SMILES string of the molecule is COc1ccc(C(=O)NCCS(C)=O)cc1S(N)(=O)=O. The van der Waals surface area contributed by atoms with Crippen LogP contribution in [0.25, 0.3) is 0 Å². The molecule has 0 aliphatic heterocycles. The summed E-state index contributed by atoms with van der Waals surface area (Å²) >= 11 is 0. The van der Waals surface area contributed by atoms with E-state index in [0.717, 1.165) is 6.07 Å². The largest absolute Gasteiger partial charge is 0.495 e. The summed E-state index contributed by atoms with van der Waals surface area (Å²) in [6, 6.07) is 3.92. The number of hydrogen-bond acceptors (Lipinski definition) is 5. The maximum Gasteiger partial charge on any atom is 0.251 e. The number of amides is 1. The highest BCUT2D eigenvalue weighted by molar-refractivity contribution is 7.89. The number of nitrogens with one attached hydrogen (secondary N) is 1. The summed E-state index contributed by atoms with van der Waals surface area (Å²) in [5, 5.41) is 7.60. The highest BCUT2D eigenvalue weighted by atomic mass is 32.2. The molecule has 0 heterocycles. The lowest BCUT2D eigenvalue weighted by atomic mass is 10.2. The van der Waals surface area contributed by atoms with Crippen molar-refractivity contribution in [3.05, 3.63) is 23.8 Å². The summed E-state index contributed by atoms with van der Waals surface area (Å²) in [7, 11) is -3.70. The Bertz CT molecular complexity index is 628. The van der Waals surface area contributed by atoms with Gasteiger partial charge < -0.3 is 10.1 Å². The van der Waals surface area contributed by atoms with Crippen LogP contribution in [0.4, 0.5) is 0 Å². The molecule has 9 heteroatoms. The number of nitrogens with two attached hydrogens (primary N) is 1. The third-order valence-electron chi connectivity index (χ3n) is 2.41. The first-order valence-corrected chi connectivity index (χ1v) is 8.82. The first-order chi connectivity index (χ1) is 9.25. The van der Waals surface area contributed by atoms with E-state index in [9.17, 15) is 17.4 Å². The number of hydrogen-bond donors (Lipinski definition) is 2. The molecule has 0 fully saturated rings. The molecule has 3 N–H and O–H groups in total. The summed E-state index contributed by atoms with van der Waals surface area (Å²) in [5.74, 6) is -0.0778. The van der Waals surface area contributed by atoms with Crippen LogP contribution in [0.1, 0.15) is 10.4 Å². The van der Waals surface area contributed by atoms with Gasteiger partial charge in [0, 0.05) is 34.9 Å². The number of ether oxygens (including phenoxy) is 1. The highest BCUT2D eigenvalue weighted by Gasteiger charge is 2.17. The van der Waals surface area contributed by atoms with E-state index >= 15 is 0 Å². The molecule has 0 bridgehead atoms. The van der Waals surface area contributed by atoms with Gasteiger partial charge in [-0.2, -0.15) is 0 Å². The molecule has 0 aliphatic carbocycles. The third-order valence-corrected chi connectivity index (χ3v) is 4.12. The Morgan fingerprint density at radius 2 is 2.10 bits per heavy atom. The Balaban J connectivity index is 2.97. The number of benzene rings is 1. The second kappa shape index (κ2) is 6.82. The van der Waals surface area contributed by atoms with E-state index < -0.39 is 26.7 Å². The standard InChI is InChI=1S/C11H16N2O5S2/c1-18-9-4-3-8(7-10(9)20(12,16)17)11(14)13-5-6-19(2)15/h3-4,7H,5-6H2,1-2H3,(H,13,14)(H2,12,16,17). The maximum atomic E-state index is 11.8. The molecule has 112 valence electrons. The summed E-state index contributed by atoms with van der Waals surface area (Å²) < 4.78 is 38.6. The van der Waals surface area contributed by atoms with Gasteiger partial charge in [-0.3, -0.25) is 9.00 Å². The minimum Gasteiger partial charge on any atom is -0.495 e. The fraction of sp³-hybridized carbons (Fsp3) is 0.364. The summed E-state index contributed by atoms with van der Waals surface area (Å²) in [5.41, 5.74) is 0.136. The van der Waals surface area contributed by atoms with Gasteiger partial charge in [0.15, 0.2) is 0 Å². The van der Waals surface area contributed by atoms with Crippen LogP contribution in [0.2, 0.25) is 0 Å². The van der Waals surface area contributed by atoms with E-state index in [4.69, 9.17) is 9.88 Å². The molecule has 0 saturated carbocycles. The molecule has 1 amide bonds. The molecule has 0 spiro atoms. The lowest BCUT2D eigenvalue weighted by Crippen LogP contribution is -2.27. The van der Waals surface area contributed by atoms with E-state index in [-0.39, 0.29) is 22.8 Å². The van der Waals surface area contributed by atoms with Crippen molar-refractivity contribution in [1.82, 2.24) is 5.32 Å². The maximum absolute atomic E-state index is 11.8. The van der Waals surface area contributed by atoms with Gasteiger partial charge in [0.05, 0.1) is 7.11 Å². The number of carbonyl (C=O) groups excluding carboxylic acids is 1. The zero-order valence-corrected chi connectivity index (χ0v) is 12.7. The van der Waals surface area contributed by atoms with Crippen molar-refractivity contribution in [2.24, 2.45) is 5.14 Å². The summed E-state index contributed by atoms with van der Waals surface area (Å²) in [6.07, 6.45) is 1.53. The van der Waals surface area contributed by atoms with Gasteiger partial charge in [-0.25, -0.2) is 13.6 Å². The van der Waals surface area contributed by atoms with Crippen LogP contribution in [0.3, 0.4) is 0 Å². The lowest BCUT2D eigenvalue weighted by Gasteiger charge is -2.09. The number of rotatable bonds is 6. The molecular formula is C11H16N2O5S2. The van der Waals surface area contributed by atoms with Crippen molar-refractivity contribution in [3.63, 3.8) is 0 Å². The number of primary sulfonamides is 1. The smallest absolute Gasteiger partial charge is 0.251 e. The van der Waals surface area contributed by atoms with Crippen molar-refractivity contribution in [2.75, 3.05) is 25.7 Å². The first kappa shape index (κ1) is 16.6. The molecule has 1 atom stereocenters. The Hall–Kier alpha value is -1.45. The van der Waals surface area contributed by atoms with Crippen molar-refractivity contribution < 1.29 is 22.2 Å². The van der Waals surface area contributed by atoms with Crippen LogP contribution in [-0.2, 0) is 20.8 Å². The van der Waals surface area contributed by atoms with Crippen molar-refractivity contribution in [1.29, 1.82) is 0 Å². The molecule has 20 heavy (non-hydrogen) atoms. The first-order valence-electron chi connectivity index (χ1n) is 5.54. The van der Waals surface area contributed by atoms with Crippen molar-refractivity contribution in [3.8, 4) is 5.75 Å². The number of carbonyl (C=O) groups is 1. The van der Waals surface area contributed by atoms with E-state index in [1.807, 2.05) is 0 Å². The summed E-state index contributed by atoms with van der Waals surface area (Å²) in [6.45, 7) is 0.235. The van der Waals surface area contributed by atoms with E-state index in [2.05, 4.69) is 5.32 Å². The highest BCUT2D eigenvalue weighted by Crippen LogP contribution is 2.23. The number of methoxy groups -OCH3 is 1. The predicted molar refractivity (Wildman–Crippen MR) is 75.6 cm³/mol. The van der Waals surface area contributed by atoms with Crippen LogP contribution >= 0.6 is 0 Å². The van der Waals surface area contributed by atoms with Crippen LogP contribution in [0, 0.1) is 0 Å². The Labute approximate surface area is 120 Å². The molecule has 0 aromatic heterocycles. The zero-order chi connectivity index (χ0) is 15.3. The fourth-order valence-electron chi connectivity index (χ4n) is 1.45. The van der Waals surface area contributed by atoms with E-state index in [0.29, 0.717) is 5.75 Å². The monoisotopic (exact) mass is 320 g/mol. The third kappa shape index (κ3) is 4.58.